The van der Waals surface area contributed by atoms with Gasteiger partial charge in [0, 0.05) is 39.8 Å². The van der Waals surface area contributed by atoms with Crippen LogP contribution in [0.1, 0.15) is 19.4 Å². The molecule has 2 aromatic carbocycles. The number of rotatable bonds is 5. The average molecular weight is 480 g/mol. The van der Waals surface area contributed by atoms with Gasteiger partial charge >= 0.3 is 0 Å². The summed E-state index contributed by atoms with van der Waals surface area (Å²) in [5, 5.41) is 3.08. The second-order valence-corrected chi connectivity index (χ2v) is 7.32. The quantitative estimate of drug-likeness (QED) is 0.211. The molecule has 0 unspecified atom stereocenters. The molecule has 27 heavy (non-hydrogen) atoms. The molecule has 0 aliphatic rings. The van der Waals surface area contributed by atoms with Gasteiger partial charge in [0.15, 0.2) is 0 Å². The predicted octanol–water partition coefficient (Wildman–Crippen LogP) is 4.82. The molecule has 2 rings (SSSR count). The second-order valence-electron chi connectivity index (χ2n) is 4.98. The fraction of sp³-hybridized carbons (Fsp3) is 0.278. The van der Waals surface area contributed by atoms with Crippen LogP contribution in [-0.2, 0) is 10.5 Å². The Kier molecular flexibility index (Phi) is 13.1. The van der Waals surface area contributed by atoms with Gasteiger partial charge in [-0.1, -0.05) is 47.4 Å². The van der Waals surface area contributed by atoms with Crippen molar-refractivity contribution in [1.82, 2.24) is 5.01 Å². The molecule has 0 aliphatic heterocycles. The molecule has 0 heterocycles. The van der Waals surface area contributed by atoms with E-state index in [1.54, 1.807) is 19.2 Å². The van der Waals surface area contributed by atoms with E-state index >= 15 is 0 Å². The van der Waals surface area contributed by atoms with E-state index in [0.29, 0.717) is 22.1 Å². The molecule has 0 saturated heterocycles. The number of hydrogen-bond donors (Lipinski definition) is 2. The van der Waals surface area contributed by atoms with Crippen molar-refractivity contribution in [3.8, 4) is 0 Å². The normalized spacial score (nSPS) is 9.37. The van der Waals surface area contributed by atoms with E-state index in [-0.39, 0.29) is 5.82 Å². The van der Waals surface area contributed by atoms with Gasteiger partial charge in [-0.25, -0.2) is 16.1 Å². The van der Waals surface area contributed by atoms with Gasteiger partial charge in [0.05, 0.1) is 5.69 Å². The number of anilines is 1. The first-order valence-electron chi connectivity index (χ1n) is 8.02. The van der Waals surface area contributed by atoms with E-state index in [1.807, 2.05) is 32.0 Å². The van der Waals surface area contributed by atoms with Gasteiger partial charge < -0.3 is 5.01 Å². The maximum atomic E-state index is 13.7. The molecule has 4 N–H and O–H groups in total. The van der Waals surface area contributed by atoms with Crippen molar-refractivity contribution in [1.29, 1.82) is 0 Å². The summed E-state index contributed by atoms with van der Waals surface area (Å²) in [4.78, 5) is 9.88. The number of hydrogen-bond acceptors (Lipinski definition) is 5. The maximum absolute atomic E-state index is 13.7. The lowest BCUT2D eigenvalue weighted by molar-refractivity contribution is -0.117. The van der Waals surface area contributed by atoms with Crippen molar-refractivity contribution in [2.24, 2.45) is 11.7 Å². The van der Waals surface area contributed by atoms with Crippen LogP contribution in [0.25, 0.3) is 0 Å². The van der Waals surface area contributed by atoms with E-state index in [4.69, 9.17) is 23.3 Å². The Bertz CT molecular complexity index is 720. The third kappa shape index (κ3) is 9.44. The zero-order chi connectivity index (χ0) is 21.0. The van der Waals surface area contributed by atoms with Gasteiger partial charge in [0.25, 0.3) is 0 Å². The molecule has 0 spiro atoms. The molecule has 0 aliphatic carbocycles. The minimum absolute atomic E-state index is 0.243. The van der Waals surface area contributed by atoms with Crippen LogP contribution in [0.2, 0.25) is 5.02 Å². The number of thioether (sulfide) groups is 1. The van der Waals surface area contributed by atoms with Crippen LogP contribution in [0, 0.1) is 5.82 Å². The Balaban J connectivity index is 0.000000838. The number of amides is 1. The summed E-state index contributed by atoms with van der Waals surface area (Å²) in [6.07, 6.45) is 0.528. The van der Waals surface area contributed by atoms with Crippen LogP contribution in [0.4, 0.5) is 10.1 Å². The predicted molar refractivity (Wildman–Crippen MR) is 117 cm³/mol. The number of nitrogens with two attached hydrogens (primary N) is 2. The summed E-state index contributed by atoms with van der Waals surface area (Å²) in [5.41, 5.74) is 1.73. The van der Waals surface area contributed by atoms with E-state index in [9.17, 15) is 9.18 Å². The highest BCUT2D eigenvalue weighted by molar-refractivity contribution is 9.10. The molecule has 0 aromatic heterocycles. The molecule has 0 fully saturated rings. The number of halogens is 3. The van der Waals surface area contributed by atoms with Crippen LogP contribution in [0.5, 0.6) is 0 Å². The smallest absolute Gasteiger partial charge is 0.223 e. The fourth-order valence-electron chi connectivity index (χ4n) is 1.76. The molecule has 2 aromatic rings. The third-order valence-corrected chi connectivity index (χ3v) is 4.81. The first-order chi connectivity index (χ1) is 12.8. The number of nitrogens with zero attached hydrogens (tertiary/aromatic N) is 2. The molecule has 0 radical (unpaired) electrons. The highest BCUT2D eigenvalue weighted by atomic mass is 79.9. The van der Waals surface area contributed by atoms with E-state index in [2.05, 4.69) is 15.9 Å². The summed E-state index contributed by atoms with van der Waals surface area (Å²) in [6.45, 7) is 4.00. The number of carbonyl (C=O) groups excluding carboxylic acids is 1. The molecule has 5 nitrogen and oxygen atoms in total. The zero-order valence-corrected chi connectivity index (χ0v) is 18.9. The van der Waals surface area contributed by atoms with Crippen LogP contribution >= 0.6 is 39.3 Å². The third-order valence-electron chi connectivity index (χ3n) is 2.91. The van der Waals surface area contributed by atoms with E-state index < -0.39 is 0 Å². The van der Waals surface area contributed by atoms with Crippen LogP contribution in [-0.4, -0.2) is 25.5 Å². The second kappa shape index (κ2) is 13.8. The topological polar surface area (TPSA) is 75.6 Å². The number of carbonyl (C=O) groups is 1. The lowest BCUT2D eigenvalue weighted by atomic mass is 10.2. The monoisotopic (exact) mass is 478 g/mol. The van der Waals surface area contributed by atoms with Gasteiger partial charge in [0.1, 0.15) is 5.82 Å². The summed E-state index contributed by atoms with van der Waals surface area (Å²) >= 11 is 10.9. The summed E-state index contributed by atoms with van der Waals surface area (Å²) < 4.78 is 14.6. The van der Waals surface area contributed by atoms with Gasteiger partial charge in [-0.05, 0) is 30.3 Å². The summed E-state index contributed by atoms with van der Waals surface area (Å²) in [6, 6.07) is 10.4. The first-order valence-corrected chi connectivity index (χ1v) is 10.2. The molecular weight excluding hydrogens is 455 g/mol. The first kappa shape index (κ1) is 25.7. The van der Waals surface area contributed by atoms with Crippen LogP contribution in [0.15, 0.2) is 45.8 Å². The van der Waals surface area contributed by atoms with Crippen molar-refractivity contribution in [2.45, 2.75) is 24.5 Å². The Hall–Kier alpha value is -1.32. The Morgan fingerprint density at radius 2 is 1.81 bits per heavy atom. The number of benzene rings is 2. The standard InChI is InChI=1S/C14H13BrClFN2S.C2H6N2O.C2H6/c1-19(18)13-4-2-3-11(16)10(13)8-20-14-7-9(15)5-6-12(14)17;1-4(3)2-5;1-2/h2-7H,8,18H2,1H3;2H,3H2,1H3;1-2H3. The summed E-state index contributed by atoms with van der Waals surface area (Å²) in [7, 11) is 3.21. The molecule has 9 heteroatoms. The Morgan fingerprint density at radius 3 is 2.33 bits per heavy atom. The van der Waals surface area contributed by atoms with Crippen LogP contribution in [0.3, 0.4) is 0 Å². The Morgan fingerprint density at radius 1 is 1.22 bits per heavy atom. The molecule has 0 atom stereocenters. The van der Waals surface area contributed by atoms with Crippen molar-refractivity contribution < 1.29 is 9.18 Å². The molecular formula is C18H25BrClFN4OS. The van der Waals surface area contributed by atoms with E-state index in [1.165, 1.54) is 29.9 Å². The van der Waals surface area contributed by atoms with Gasteiger partial charge in [-0.3, -0.25) is 9.80 Å². The minimum atomic E-state index is -0.243. The molecule has 1 amide bonds. The highest BCUT2D eigenvalue weighted by Crippen LogP contribution is 2.34. The number of hydrazine groups is 2. The van der Waals surface area contributed by atoms with Gasteiger partial charge in [0.2, 0.25) is 6.41 Å². The largest absolute Gasteiger partial charge is 0.314 e. The molecule has 0 bridgehead atoms. The van der Waals surface area contributed by atoms with Crippen molar-refractivity contribution in [3.05, 3.63) is 57.3 Å². The SMILES string of the molecule is CC.CN(N)C=O.CN(N)c1cccc(Cl)c1CSc1cc(Br)ccc1F. The van der Waals surface area contributed by atoms with Crippen molar-refractivity contribution in [2.75, 3.05) is 19.1 Å². The highest BCUT2D eigenvalue weighted by Gasteiger charge is 2.11. The summed E-state index contributed by atoms with van der Waals surface area (Å²) in [5.74, 6) is 10.9. The van der Waals surface area contributed by atoms with Crippen molar-refractivity contribution in [3.63, 3.8) is 0 Å². The molecule has 0 saturated carbocycles. The molecule has 150 valence electrons. The van der Waals surface area contributed by atoms with Gasteiger partial charge in [-0.2, -0.15) is 0 Å². The maximum Gasteiger partial charge on any atom is 0.223 e. The average Bonchev–Trinajstić information content (AvgIpc) is 2.65. The zero-order valence-electron chi connectivity index (χ0n) is 15.7. The lowest BCUT2D eigenvalue weighted by Gasteiger charge is -2.18. The van der Waals surface area contributed by atoms with Crippen molar-refractivity contribution >= 4 is 51.4 Å². The minimum Gasteiger partial charge on any atom is -0.314 e. The Labute approximate surface area is 177 Å². The van der Waals surface area contributed by atoms with E-state index in [0.717, 1.165) is 20.7 Å². The lowest BCUT2D eigenvalue weighted by Crippen LogP contribution is -2.26. The van der Waals surface area contributed by atoms with Gasteiger partial charge in [-0.15, -0.1) is 11.8 Å². The fourth-order valence-corrected chi connectivity index (χ4v) is 3.61. The van der Waals surface area contributed by atoms with Crippen LogP contribution < -0.4 is 16.7 Å².